The molecule has 1 rings (SSSR count). The summed E-state index contributed by atoms with van der Waals surface area (Å²) in [6.07, 6.45) is -4.69. The molecule has 6 heteroatoms. The third-order valence-electron chi connectivity index (χ3n) is 1.53. The Labute approximate surface area is 78.7 Å². The van der Waals surface area contributed by atoms with Crippen LogP contribution in [0.3, 0.4) is 0 Å². The molecule has 0 saturated heterocycles. The Morgan fingerprint density at radius 2 is 2.00 bits per heavy atom. The van der Waals surface area contributed by atoms with E-state index in [4.69, 9.17) is 5.73 Å². The van der Waals surface area contributed by atoms with Crippen molar-refractivity contribution in [3.8, 4) is 5.75 Å². The van der Waals surface area contributed by atoms with E-state index in [0.717, 1.165) is 6.07 Å². The lowest BCUT2D eigenvalue weighted by Crippen LogP contribution is -2.17. The third-order valence-corrected chi connectivity index (χ3v) is 1.53. The number of alkyl halides is 3. The van der Waals surface area contributed by atoms with Crippen molar-refractivity contribution in [2.24, 2.45) is 0 Å². The molecule has 0 fully saturated rings. The molecule has 0 spiro atoms. The first-order valence-corrected chi connectivity index (χ1v) is 3.75. The topological polar surface area (TPSA) is 47.3 Å². The average Bonchev–Trinajstić information content (AvgIpc) is 2.01. The van der Waals surface area contributed by atoms with E-state index in [2.05, 4.69) is 10.1 Å². The molecule has 0 aromatic heterocycles. The minimum absolute atomic E-state index is 0.203. The van der Waals surface area contributed by atoms with Crippen molar-refractivity contribution in [2.45, 2.75) is 6.36 Å². The van der Waals surface area contributed by atoms with Crippen LogP contribution in [-0.4, -0.2) is 13.4 Å². The summed E-state index contributed by atoms with van der Waals surface area (Å²) < 4.78 is 39.0. The lowest BCUT2D eigenvalue weighted by atomic mass is 10.2. The number of rotatable bonds is 2. The summed E-state index contributed by atoms with van der Waals surface area (Å²) in [6.45, 7) is 0. The second-order valence-electron chi connectivity index (χ2n) is 2.55. The summed E-state index contributed by atoms with van der Waals surface area (Å²) in [6, 6.07) is 3.71. The Morgan fingerprint density at radius 3 is 2.43 bits per heavy atom. The number of benzene rings is 1. The number of hydrogen-bond donors (Lipinski definition) is 2. The molecule has 0 unspecified atom stereocenters. The number of nitrogens with two attached hydrogens (primary N) is 1. The standard InChI is InChI=1S/C8H9F3N2O/c1-13-7-3-2-5(4-6(7)12)14-8(9,10)11/h2-4,13H,12H2,1H3. The summed E-state index contributed by atoms with van der Waals surface area (Å²) in [4.78, 5) is 0. The summed E-state index contributed by atoms with van der Waals surface area (Å²) in [5.74, 6) is -0.325. The molecule has 1 aromatic carbocycles. The van der Waals surface area contributed by atoms with Crippen LogP contribution >= 0.6 is 0 Å². The fraction of sp³-hybridized carbons (Fsp3) is 0.250. The number of ether oxygens (including phenoxy) is 1. The molecule has 0 atom stereocenters. The van der Waals surface area contributed by atoms with Crippen LogP contribution in [0.4, 0.5) is 24.5 Å². The van der Waals surface area contributed by atoms with Gasteiger partial charge in [-0.3, -0.25) is 0 Å². The number of halogens is 3. The van der Waals surface area contributed by atoms with Gasteiger partial charge in [0.05, 0.1) is 11.4 Å². The Morgan fingerprint density at radius 1 is 1.36 bits per heavy atom. The maximum atomic E-state index is 11.8. The van der Waals surface area contributed by atoms with E-state index in [1.165, 1.54) is 12.1 Å². The monoisotopic (exact) mass is 206 g/mol. The summed E-state index contributed by atoms with van der Waals surface area (Å²) in [5.41, 5.74) is 6.20. The SMILES string of the molecule is CNc1ccc(OC(F)(F)F)cc1N. The summed E-state index contributed by atoms with van der Waals surface area (Å²) in [7, 11) is 1.62. The van der Waals surface area contributed by atoms with Crippen LogP contribution in [0.15, 0.2) is 18.2 Å². The molecule has 1 aromatic rings. The van der Waals surface area contributed by atoms with Crippen LogP contribution in [0.1, 0.15) is 0 Å². The number of nitrogen functional groups attached to an aromatic ring is 1. The fourth-order valence-corrected chi connectivity index (χ4v) is 0.966. The molecule has 0 aliphatic carbocycles. The van der Waals surface area contributed by atoms with Crippen molar-refractivity contribution >= 4 is 11.4 Å². The molecule has 3 N–H and O–H groups in total. The highest BCUT2D eigenvalue weighted by molar-refractivity contribution is 5.67. The first-order valence-electron chi connectivity index (χ1n) is 3.75. The molecule has 0 radical (unpaired) electrons. The van der Waals surface area contributed by atoms with Gasteiger partial charge in [0.1, 0.15) is 5.75 Å². The van der Waals surface area contributed by atoms with Crippen molar-refractivity contribution < 1.29 is 17.9 Å². The van der Waals surface area contributed by atoms with Crippen molar-refractivity contribution in [3.63, 3.8) is 0 Å². The fourth-order valence-electron chi connectivity index (χ4n) is 0.966. The van der Waals surface area contributed by atoms with Crippen LogP contribution in [0.5, 0.6) is 5.75 Å². The molecular weight excluding hydrogens is 197 g/mol. The van der Waals surface area contributed by atoms with E-state index in [1.807, 2.05) is 0 Å². The Hall–Kier alpha value is -1.59. The lowest BCUT2D eigenvalue weighted by molar-refractivity contribution is -0.274. The molecule has 0 aliphatic heterocycles. The molecule has 3 nitrogen and oxygen atoms in total. The minimum atomic E-state index is -4.69. The predicted octanol–water partition coefficient (Wildman–Crippen LogP) is 2.21. The van der Waals surface area contributed by atoms with Crippen molar-refractivity contribution in [1.82, 2.24) is 0 Å². The van der Waals surface area contributed by atoms with Crippen LogP contribution in [0, 0.1) is 0 Å². The molecule has 78 valence electrons. The van der Waals surface area contributed by atoms with E-state index in [1.54, 1.807) is 7.05 Å². The second kappa shape index (κ2) is 3.65. The highest BCUT2D eigenvalue weighted by Crippen LogP contribution is 2.28. The molecule has 0 bridgehead atoms. The van der Waals surface area contributed by atoms with Crippen LogP contribution in [0.25, 0.3) is 0 Å². The quantitative estimate of drug-likeness (QED) is 0.729. The van der Waals surface area contributed by atoms with E-state index in [9.17, 15) is 13.2 Å². The van der Waals surface area contributed by atoms with Crippen LogP contribution in [-0.2, 0) is 0 Å². The first-order chi connectivity index (χ1) is 6.42. The van der Waals surface area contributed by atoms with Gasteiger partial charge in [-0.1, -0.05) is 0 Å². The number of nitrogens with one attached hydrogen (secondary N) is 1. The zero-order valence-corrected chi connectivity index (χ0v) is 7.35. The highest BCUT2D eigenvalue weighted by Gasteiger charge is 2.31. The van der Waals surface area contributed by atoms with Gasteiger partial charge >= 0.3 is 6.36 Å². The molecule has 0 amide bonds. The normalized spacial score (nSPS) is 11.1. The Kier molecular flexibility index (Phi) is 2.73. The smallest absolute Gasteiger partial charge is 0.406 e. The maximum Gasteiger partial charge on any atom is 0.573 e. The second-order valence-corrected chi connectivity index (χ2v) is 2.55. The van der Waals surface area contributed by atoms with Gasteiger partial charge < -0.3 is 15.8 Å². The van der Waals surface area contributed by atoms with E-state index < -0.39 is 6.36 Å². The maximum absolute atomic E-state index is 11.8. The lowest BCUT2D eigenvalue weighted by Gasteiger charge is -2.10. The van der Waals surface area contributed by atoms with Crippen molar-refractivity contribution in [1.29, 1.82) is 0 Å². The van der Waals surface area contributed by atoms with E-state index in [-0.39, 0.29) is 11.4 Å². The Balaban J connectivity index is 2.87. The molecule has 14 heavy (non-hydrogen) atoms. The van der Waals surface area contributed by atoms with E-state index in [0.29, 0.717) is 5.69 Å². The average molecular weight is 206 g/mol. The highest BCUT2D eigenvalue weighted by atomic mass is 19.4. The van der Waals surface area contributed by atoms with Gasteiger partial charge in [-0.25, -0.2) is 0 Å². The molecule has 0 saturated carbocycles. The van der Waals surface area contributed by atoms with Gasteiger partial charge in [0.2, 0.25) is 0 Å². The summed E-state index contributed by atoms with van der Waals surface area (Å²) >= 11 is 0. The Bertz CT molecular complexity index is 325. The number of hydrogen-bond acceptors (Lipinski definition) is 3. The zero-order chi connectivity index (χ0) is 10.8. The predicted molar refractivity (Wildman–Crippen MR) is 47.1 cm³/mol. The molecule has 0 aliphatic rings. The van der Waals surface area contributed by atoms with Gasteiger partial charge in [0, 0.05) is 13.1 Å². The van der Waals surface area contributed by atoms with Crippen molar-refractivity contribution in [3.05, 3.63) is 18.2 Å². The third kappa shape index (κ3) is 2.72. The van der Waals surface area contributed by atoms with Gasteiger partial charge in [0.15, 0.2) is 0 Å². The summed E-state index contributed by atoms with van der Waals surface area (Å²) in [5, 5.41) is 2.72. The number of anilines is 2. The van der Waals surface area contributed by atoms with Gasteiger partial charge in [-0.15, -0.1) is 13.2 Å². The van der Waals surface area contributed by atoms with Crippen LogP contribution < -0.4 is 15.8 Å². The molecular formula is C8H9F3N2O. The van der Waals surface area contributed by atoms with Crippen molar-refractivity contribution in [2.75, 3.05) is 18.1 Å². The van der Waals surface area contributed by atoms with Gasteiger partial charge in [-0.05, 0) is 12.1 Å². The first kappa shape index (κ1) is 10.5. The van der Waals surface area contributed by atoms with Crippen LogP contribution in [0.2, 0.25) is 0 Å². The minimum Gasteiger partial charge on any atom is -0.406 e. The largest absolute Gasteiger partial charge is 0.573 e. The van der Waals surface area contributed by atoms with Gasteiger partial charge in [-0.2, -0.15) is 0 Å². The van der Waals surface area contributed by atoms with E-state index >= 15 is 0 Å². The van der Waals surface area contributed by atoms with Gasteiger partial charge in [0.25, 0.3) is 0 Å². The zero-order valence-electron chi connectivity index (χ0n) is 7.35. The molecule has 0 heterocycles.